The highest BCUT2D eigenvalue weighted by molar-refractivity contribution is 5.99. The van der Waals surface area contributed by atoms with E-state index in [0.717, 1.165) is 30.9 Å². The first kappa shape index (κ1) is 23.9. The number of halogens is 2. The molecule has 1 aliphatic heterocycles. The van der Waals surface area contributed by atoms with E-state index in [2.05, 4.69) is 20.5 Å². The lowest BCUT2D eigenvalue weighted by Crippen LogP contribution is -2.35. The molecule has 0 bridgehead atoms. The van der Waals surface area contributed by atoms with Crippen molar-refractivity contribution in [1.29, 1.82) is 0 Å². The molecule has 2 N–H and O–H groups in total. The minimum atomic E-state index is -0.866. The number of urea groups is 1. The molecule has 182 valence electrons. The predicted octanol–water partition coefficient (Wildman–Crippen LogP) is 4.36. The Morgan fingerprint density at radius 1 is 0.943 bits per heavy atom. The van der Waals surface area contributed by atoms with Crippen LogP contribution in [0, 0.1) is 11.6 Å². The molecule has 3 aromatic rings. The molecule has 35 heavy (non-hydrogen) atoms. The second kappa shape index (κ2) is 10.8. The predicted molar refractivity (Wildman–Crippen MR) is 129 cm³/mol. The molecule has 0 radical (unpaired) electrons. The van der Waals surface area contributed by atoms with Gasteiger partial charge in [0.15, 0.2) is 0 Å². The number of hydrogen-bond donors (Lipinski definition) is 2. The third-order valence-electron chi connectivity index (χ3n) is 5.63. The molecule has 1 fully saturated rings. The maximum atomic E-state index is 13.7. The molecule has 2 heterocycles. The second-order valence-electron chi connectivity index (χ2n) is 7.97. The van der Waals surface area contributed by atoms with Crippen LogP contribution in [0.5, 0.6) is 5.75 Å². The maximum absolute atomic E-state index is 13.7. The molecular weight excluding hydrogens is 456 g/mol. The van der Waals surface area contributed by atoms with Gasteiger partial charge in [-0.15, -0.1) is 0 Å². The summed E-state index contributed by atoms with van der Waals surface area (Å²) in [6.07, 6.45) is 2.29. The van der Waals surface area contributed by atoms with E-state index >= 15 is 0 Å². The number of methoxy groups -OCH3 is 1. The molecule has 2 aromatic carbocycles. The zero-order valence-electron chi connectivity index (χ0n) is 19.1. The third-order valence-corrected chi connectivity index (χ3v) is 5.63. The Bertz CT molecular complexity index is 1190. The number of ether oxygens (including phenoxy) is 1. The van der Waals surface area contributed by atoms with Gasteiger partial charge in [0.25, 0.3) is 5.91 Å². The number of carbonyl (C=O) groups excluding carboxylic acids is 2. The van der Waals surface area contributed by atoms with Gasteiger partial charge >= 0.3 is 6.03 Å². The normalized spacial score (nSPS) is 13.7. The Kier molecular flexibility index (Phi) is 7.39. The average Bonchev–Trinajstić information content (AvgIpc) is 3.12. The molecule has 4 rings (SSSR count). The lowest BCUT2D eigenvalue weighted by molar-refractivity contribution is 0.0767. The third kappa shape index (κ3) is 6.03. The second-order valence-corrected chi connectivity index (χ2v) is 7.97. The van der Waals surface area contributed by atoms with Gasteiger partial charge in [0, 0.05) is 37.8 Å². The number of nitrogens with zero attached hydrogens (tertiary/aromatic N) is 3. The maximum Gasteiger partial charge on any atom is 0.323 e. The summed E-state index contributed by atoms with van der Waals surface area (Å²) in [6.45, 7) is 2.54. The minimum Gasteiger partial charge on any atom is -0.497 e. The Labute approximate surface area is 201 Å². The van der Waals surface area contributed by atoms with E-state index in [-0.39, 0.29) is 11.6 Å². The topological polar surface area (TPSA) is 86.8 Å². The number of benzene rings is 2. The molecule has 1 aromatic heterocycles. The summed E-state index contributed by atoms with van der Waals surface area (Å²) in [5.41, 5.74) is 0.901. The summed E-state index contributed by atoms with van der Waals surface area (Å²) >= 11 is 0. The first-order chi connectivity index (χ1) is 16.9. The molecule has 0 atom stereocenters. The number of pyridine rings is 1. The standard InChI is InChI=1S/C25H25F2N5O3/c1-35-20-7-3-17(4-8-20)24(33)32-12-2-11-31(13-14-32)23-10-6-19(16-28-23)29-25(34)30-22-9-5-18(26)15-21(22)27/h3-10,15-16H,2,11-14H2,1H3,(H2,29,30,34). The van der Waals surface area contributed by atoms with Crippen LogP contribution in [0.3, 0.4) is 0 Å². The number of rotatable bonds is 5. The lowest BCUT2D eigenvalue weighted by Gasteiger charge is -2.23. The molecule has 8 nitrogen and oxygen atoms in total. The largest absolute Gasteiger partial charge is 0.497 e. The molecule has 1 saturated heterocycles. The summed E-state index contributed by atoms with van der Waals surface area (Å²) in [5.74, 6) is -0.193. The molecular formula is C25H25F2N5O3. The van der Waals surface area contributed by atoms with Crippen LogP contribution in [0.4, 0.5) is 30.8 Å². The summed E-state index contributed by atoms with van der Waals surface area (Å²) in [5, 5.41) is 4.90. The summed E-state index contributed by atoms with van der Waals surface area (Å²) in [7, 11) is 1.58. The zero-order valence-corrected chi connectivity index (χ0v) is 19.1. The van der Waals surface area contributed by atoms with Crippen LogP contribution in [-0.4, -0.2) is 55.1 Å². The van der Waals surface area contributed by atoms with Crippen molar-refractivity contribution in [2.24, 2.45) is 0 Å². The van der Waals surface area contributed by atoms with Crippen LogP contribution in [0.1, 0.15) is 16.8 Å². The van der Waals surface area contributed by atoms with E-state index in [4.69, 9.17) is 4.74 Å². The lowest BCUT2D eigenvalue weighted by atomic mass is 10.2. The highest BCUT2D eigenvalue weighted by Crippen LogP contribution is 2.19. The van der Waals surface area contributed by atoms with Crippen molar-refractivity contribution in [3.8, 4) is 5.75 Å². The Morgan fingerprint density at radius 2 is 1.74 bits per heavy atom. The average molecular weight is 482 g/mol. The van der Waals surface area contributed by atoms with Gasteiger partial charge in [-0.05, 0) is 55.0 Å². The van der Waals surface area contributed by atoms with E-state index in [1.807, 2.05) is 4.90 Å². The van der Waals surface area contributed by atoms with Crippen LogP contribution in [0.25, 0.3) is 0 Å². The van der Waals surface area contributed by atoms with Crippen LogP contribution in [-0.2, 0) is 0 Å². The van der Waals surface area contributed by atoms with Crippen molar-refractivity contribution in [2.75, 3.05) is 48.8 Å². The van der Waals surface area contributed by atoms with Crippen molar-refractivity contribution < 1.29 is 23.1 Å². The molecule has 10 heteroatoms. The number of carbonyl (C=O) groups is 2. The SMILES string of the molecule is COc1ccc(C(=O)N2CCCN(c3ccc(NC(=O)Nc4ccc(F)cc4F)cn3)CC2)cc1. The molecule has 3 amide bonds. The summed E-state index contributed by atoms with van der Waals surface area (Å²) in [4.78, 5) is 33.3. The minimum absolute atomic E-state index is 0.0226. The number of amides is 3. The summed E-state index contributed by atoms with van der Waals surface area (Å²) in [6, 6.07) is 12.8. The van der Waals surface area contributed by atoms with Crippen LogP contribution >= 0.6 is 0 Å². The van der Waals surface area contributed by atoms with E-state index < -0.39 is 17.7 Å². The Morgan fingerprint density at radius 3 is 2.43 bits per heavy atom. The van der Waals surface area contributed by atoms with Crippen molar-refractivity contribution >= 4 is 29.1 Å². The van der Waals surface area contributed by atoms with Gasteiger partial charge in [0.1, 0.15) is 23.2 Å². The first-order valence-electron chi connectivity index (χ1n) is 11.1. The van der Waals surface area contributed by atoms with Crippen LogP contribution < -0.4 is 20.3 Å². The summed E-state index contributed by atoms with van der Waals surface area (Å²) < 4.78 is 31.9. The molecule has 0 spiro atoms. The van der Waals surface area contributed by atoms with Crippen molar-refractivity contribution in [2.45, 2.75) is 6.42 Å². The number of nitrogens with one attached hydrogen (secondary N) is 2. The van der Waals surface area contributed by atoms with E-state index in [1.165, 1.54) is 6.20 Å². The van der Waals surface area contributed by atoms with Gasteiger partial charge in [-0.1, -0.05) is 0 Å². The molecule has 0 unspecified atom stereocenters. The van der Waals surface area contributed by atoms with E-state index in [9.17, 15) is 18.4 Å². The fraction of sp³-hybridized carbons (Fsp3) is 0.240. The Balaban J connectivity index is 1.32. The highest BCUT2D eigenvalue weighted by atomic mass is 19.1. The van der Waals surface area contributed by atoms with Crippen LogP contribution in [0.15, 0.2) is 60.8 Å². The highest BCUT2D eigenvalue weighted by Gasteiger charge is 2.21. The van der Waals surface area contributed by atoms with Crippen molar-refractivity contribution in [3.05, 3.63) is 78.0 Å². The van der Waals surface area contributed by atoms with Gasteiger partial charge in [-0.2, -0.15) is 0 Å². The van der Waals surface area contributed by atoms with Gasteiger partial charge < -0.3 is 25.2 Å². The Hall–Kier alpha value is -4.21. The molecule has 1 aliphatic rings. The van der Waals surface area contributed by atoms with Gasteiger partial charge in [-0.25, -0.2) is 18.6 Å². The van der Waals surface area contributed by atoms with Gasteiger partial charge in [0.2, 0.25) is 0 Å². The van der Waals surface area contributed by atoms with Crippen LogP contribution in [0.2, 0.25) is 0 Å². The fourth-order valence-corrected chi connectivity index (χ4v) is 3.79. The van der Waals surface area contributed by atoms with E-state index in [1.54, 1.807) is 43.5 Å². The number of anilines is 3. The number of aromatic nitrogens is 1. The first-order valence-corrected chi connectivity index (χ1v) is 11.1. The fourth-order valence-electron chi connectivity index (χ4n) is 3.79. The van der Waals surface area contributed by atoms with Gasteiger partial charge in [0.05, 0.1) is 24.7 Å². The number of hydrogen-bond acceptors (Lipinski definition) is 5. The van der Waals surface area contributed by atoms with E-state index in [0.29, 0.717) is 42.7 Å². The zero-order chi connectivity index (χ0) is 24.8. The van der Waals surface area contributed by atoms with Gasteiger partial charge in [-0.3, -0.25) is 4.79 Å². The van der Waals surface area contributed by atoms with Crippen molar-refractivity contribution in [1.82, 2.24) is 9.88 Å². The monoisotopic (exact) mass is 481 g/mol. The molecule has 0 aliphatic carbocycles. The smallest absolute Gasteiger partial charge is 0.323 e. The molecule has 0 saturated carbocycles. The van der Waals surface area contributed by atoms with Crippen molar-refractivity contribution in [3.63, 3.8) is 0 Å². The quantitative estimate of drug-likeness (QED) is 0.565.